The lowest BCUT2D eigenvalue weighted by molar-refractivity contribution is 0.237. The third-order valence-electron chi connectivity index (χ3n) is 4.21. The SMILES string of the molecule is CCC1CCC(NC(=O)Nc2ccc(CN)cc2)CC1. The molecule has 20 heavy (non-hydrogen) atoms. The van der Waals surface area contributed by atoms with Crippen LogP contribution in [0.3, 0.4) is 0 Å². The quantitative estimate of drug-likeness (QED) is 0.789. The first kappa shape index (κ1) is 14.9. The molecule has 1 aliphatic rings. The minimum atomic E-state index is -0.106. The van der Waals surface area contributed by atoms with Crippen LogP contribution in [0.1, 0.15) is 44.6 Å². The molecule has 4 N–H and O–H groups in total. The molecule has 0 heterocycles. The maximum Gasteiger partial charge on any atom is 0.319 e. The molecule has 0 unspecified atom stereocenters. The van der Waals surface area contributed by atoms with Crippen molar-refractivity contribution in [3.63, 3.8) is 0 Å². The molecule has 0 saturated heterocycles. The van der Waals surface area contributed by atoms with Gasteiger partial charge >= 0.3 is 6.03 Å². The van der Waals surface area contributed by atoms with Crippen molar-refractivity contribution in [1.29, 1.82) is 0 Å². The molecule has 1 aromatic rings. The Morgan fingerprint density at radius 1 is 1.20 bits per heavy atom. The number of nitrogens with two attached hydrogens (primary N) is 1. The summed E-state index contributed by atoms with van der Waals surface area (Å²) in [6.07, 6.45) is 5.90. The minimum Gasteiger partial charge on any atom is -0.335 e. The Balaban J connectivity index is 1.77. The molecule has 4 nitrogen and oxygen atoms in total. The van der Waals surface area contributed by atoms with Gasteiger partial charge in [0.25, 0.3) is 0 Å². The number of amides is 2. The average Bonchev–Trinajstić information content (AvgIpc) is 2.49. The summed E-state index contributed by atoms with van der Waals surface area (Å²) in [6.45, 7) is 2.77. The Morgan fingerprint density at radius 3 is 2.40 bits per heavy atom. The second-order valence-corrected chi connectivity index (χ2v) is 5.63. The molecule has 0 atom stereocenters. The van der Waals surface area contributed by atoms with Gasteiger partial charge in [-0.05, 0) is 49.3 Å². The van der Waals surface area contributed by atoms with Crippen LogP contribution in [0.5, 0.6) is 0 Å². The Hall–Kier alpha value is -1.55. The van der Waals surface area contributed by atoms with Gasteiger partial charge in [-0.15, -0.1) is 0 Å². The van der Waals surface area contributed by atoms with Gasteiger partial charge in [-0.2, -0.15) is 0 Å². The number of urea groups is 1. The first-order chi connectivity index (χ1) is 9.71. The van der Waals surface area contributed by atoms with Crippen molar-refractivity contribution < 1.29 is 4.79 Å². The molecular weight excluding hydrogens is 250 g/mol. The molecule has 1 aliphatic carbocycles. The predicted molar refractivity (Wildman–Crippen MR) is 82.5 cm³/mol. The van der Waals surface area contributed by atoms with E-state index in [1.165, 1.54) is 19.3 Å². The summed E-state index contributed by atoms with van der Waals surface area (Å²) >= 11 is 0. The van der Waals surface area contributed by atoms with E-state index in [2.05, 4.69) is 17.6 Å². The lowest BCUT2D eigenvalue weighted by atomic mass is 9.85. The van der Waals surface area contributed by atoms with Crippen molar-refractivity contribution in [3.8, 4) is 0 Å². The van der Waals surface area contributed by atoms with Gasteiger partial charge in [0.2, 0.25) is 0 Å². The molecule has 0 radical (unpaired) electrons. The average molecular weight is 275 g/mol. The van der Waals surface area contributed by atoms with E-state index in [0.717, 1.165) is 30.0 Å². The summed E-state index contributed by atoms with van der Waals surface area (Å²) in [7, 11) is 0. The highest BCUT2D eigenvalue weighted by Crippen LogP contribution is 2.26. The predicted octanol–water partition coefficient (Wildman–Crippen LogP) is 3.24. The van der Waals surface area contributed by atoms with Crippen molar-refractivity contribution in [1.82, 2.24) is 5.32 Å². The van der Waals surface area contributed by atoms with Gasteiger partial charge in [0.1, 0.15) is 0 Å². The lowest BCUT2D eigenvalue weighted by Crippen LogP contribution is -2.40. The number of hydrogen-bond acceptors (Lipinski definition) is 2. The molecule has 4 heteroatoms. The van der Waals surface area contributed by atoms with Crippen molar-refractivity contribution in [3.05, 3.63) is 29.8 Å². The zero-order chi connectivity index (χ0) is 14.4. The second kappa shape index (κ2) is 7.29. The Bertz CT molecular complexity index is 422. The molecule has 0 aliphatic heterocycles. The second-order valence-electron chi connectivity index (χ2n) is 5.63. The fourth-order valence-corrected chi connectivity index (χ4v) is 2.79. The van der Waals surface area contributed by atoms with Gasteiger partial charge in [-0.1, -0.05) is 25.5 Å². The zero-order valence-electron chi connectivity index (χ0n) is 12.2. The van der Waals surface area contributed by atoms with Gasteiger partial charge in [0.15, 0.2) is 0 Å². The number of hydrogen-bond donors (Lipinski definition) is 3. The molecule has 110 valence electrons. The highest BCUT2D eigenvalue weighted by Gasteiger charge is 2.21. The summed E-state index contributed by atoms with van der Waals surface area (Å²) in [5, 5.41) is 5.94. The Labute approximate surface area is 121 Å². The van der Waals surface area contributed by atoms with E-state index in [1.54, 1.807) is 0 Å². The molecule has 0 bridgehead atoms. The Morgan fingerprint density at radius 2 is 1.85 bits per heavy atom. The lowest BCUT2D eigenvalue weighted by Gasteiger charge is -2.28. The van der Waals surface area contributed by atoms with Crippen LogP contribution in [0, 0.1) is 5.92 Å². The van der Waals surface area contributed by atoms with Crippen LogP contribution in [-0.4, -0.2) is 12.1 Å². The third kappa shape index (κ3) is 4.23. The summed E-state index contributed by atoms with van der Waals surface area (Å²) < 4.78 is 0. The maximum atomic E-state index is 11.9. The molecule has 1 saturated carbocycles. The third-order valence-corrected chi connectivity index (χ3v) is 4.21. The largest absolute Gasteiger partial charge is 0.335 e. The van der Waals surface area contributed by atoms with Gasteiger partial charge in [0, 0.05) is 18.3 Å². The molecule has 0 aromatic heterocycles. The zero-order valence-corrected chi connectivity index (χ0v) is 12.2. The Kier molecular flexibility index (Phi) is 5.41. The normalized spacial score (nSPS) is 22.3. The summed E-state index contributed by atoms with van der Waals surface area (Å²) in [5.41, 5.74) is 7.42. The summed E-state index contributed by atoms with van der Waals surface area (Å²) in [4.78, 5) is 11.9. The van der Waals surface area contributed by atoms with E-state index in [4.69, 9.17) is 5.73 Å². The van der Waals surface area contributed by atoms with Crippen LogP contribution < -0.4 is 16.4 Å². The van der Waals surface area contributed by atoms with Gasteiger partial charge in [-0.25, -0.2) is 4.79 Å². The number of anilines is 1. The van der Waals surface area contributed by atoms with E-state index in [9.17, 15) is 4.79 Å². The van der Waals surface area contributed by atoms with Crippen molar-refractivity contribution in [2.24, 2.45) is 11.7 Å². The maximum absolute atomic E-state index is 11.9. The van der Waals surface area contributed by atoms with Crippen LogP contribution in [0.4, 0.5) is 10.5 Å². The summed E-state index contributed by atoms with van der Waals surface area (Å²) in [6, 6.07) is 7.85. The van der Waals surface area contributed by atoms with Gasteiger partial charge in [-0.3, -0.25) is 0 Å². The number of carbonyl (C=O) groups excluding carboxylic acids is 1. The van der Waals surface area contributed by atoms with Crippen molar-refractivity contribution in [2.45, 2.75) is 51.6 Å². The fourth-order valence-electron chi connectivity index (χ4n) is 2.79. The first-order valence-electron chi connectivity index (χ1n) is 7.57. The van der Waals surface area contributed by atoms with Gasteiger partial charge < -0.3 is 16.4 Å². The number of carbonyl (C=O) groups is 1. The van der Waals surface area contributed by atoms with Crippen LogP contribution in [0.15, 0.2) is 24.3 Å². The molecule has 0 spiro atoms. The van der Waals surface area contributed by atoms with Crippen LogP contribution in [0.2, 0.25) is 0 Å². The van der Waals surface area contributed by atoms with E-state index in [1.807, 2.05) is 24.3 Å². The van der Waals surface area contributed by atoms with E-state index >= 15 is 0 Å². The monoisotopic (exact) mass is 275 g/mol. The number of benzene rings is 1. The molecule has 1 aromatic carbocycles. The van der Waals surface area contributed by atoms with Crippen molar-refractivity contribution >= 4 is 11.7 Å². The molecular formula is C16H25N3O. The smallest absolute Gasteiger partial charge is 0.319 e. The molecule has 2 rings (SSSR count). The topological polar surface area (TPSA) is 67.2 Å². The van der Waals surface area contributed by atoms with E-state index in [-0.39, 0.29) is 6.03 Å². The number of nitrogens with one attached hydrogen (secondary N) is 2. The van der Waals surface area contributed by atoms with Gasteiger partial charge in [0.05, 0.1) is 0 Å². The molecule has 1 fully saturated rings. The highest BCUT2D eigenvalue weighted by molar-refractivity contribution is 5.89. The standard InChI is InChI=1S/C16H25N3O/c1-2-12-3-7-14(8-4-12)18-16(20)19-15-9-5-13(11-17)6-10-15/h5-6,9-10,12,14H,2-4,7-8,11,17H2,1H3,(H2,18,19,20). The van der Waals surface area contributed by atoms with Crippen molar-refractivity contribution in [2.75, 3.05) is 5.32 Å². The summed E-state index contributed by atoms with van der Waals surface area (Å²) in [5.74, 6) is 0.847. The van der Waals surface area contributed by atoms with E-state index in [0.29, 0.717) is 12.6 Å². The highest BCUT2D eigenvalue weighted by atomic mass is 16.2. The van der Waals surface area contributed by atoms with Crippen LogP contribution >= 0.6 is 0 Å². The number of rotatable bonds is 4. The first-order valence-corrected chi connectivity index (χ1v) is 7.57. The van der Waals surface area contributed by atoms with Crippen LogP contribution in [0.25, 0.3) is 0 Å². The molecule has 2 amide bonds. The fraction of sp³-hybridized carbons (Fsp3) is 0.562. The van der Waals surface area contributed by atoms with E-state index < -0.39 is 0 Å². The van der Waals surface area contributed by atoms with Crippen LogP contribution in [-0.2, 0) is 6.54 Å². The minimum absolute atomic E-state index is 0.106.